The van der Waals surface area contributed by atoms with Crippen molar-refractivity contribution in [2.24, 2.45) is 0 Å². The van der Waals surface area contributed by atoms with Crippen LogP contribution in [0.3, 0.4) is 0 Å². The molecular weight excluding hydrogens is 227 g/mol. The summed E-state index contributed by atoms with van der Waals surface area (Å²) < 4.78 is 38.5. The zero-order chi connectivity index (χ0) is 11.9. The number of carbonyl (C=O) groups is 1. The van der Waals surface area contributed by atoms with Crippen LogP contribution in [0.4, 0.5) is 19.0 Å². The Balaban J connectivity index is 2.42. The molecule has 0 bridgehead atoms. The van der Waals surface area contributed by atoms with Gasteiger partial charge in [-0.2, -0.15) is 18.3 Å². The molecule has 1 aliphatic heterocycles. The van der Waals surface area contributed by atoms with Crippen molar-refractivity contribution in [3.8, 4) is 0 Å². The van der Waals surface area contributed by atoms with Gasteiger partial charge in [-0.1, -0.05) is 0 Å². The Hall–Kier alpha value is -1.73. The molecule has 0 aromatic carbocycles. The van der Waals surface area contributed by atoms with Gasteiger partial charge in [-0.05, 0) is 6.42 Å². The van der Waals surface area contributed by atoms with Crippen molar-refractivity contribution in [1.29, 1.82) is 0 Å². The number of nitrogens with zero attached hydrogens (tertiary/aromatic N) is 2. The number of fused-ring (bicyclic) bond motifs is 1. The standard InChI is InChI=1S/C8H8F3N3O2/c9-8(10,11)5-1-2-12-6-3-4(7(15)16)13-14(5)6/h3,5,12H,1-2H2,(H,15,16). The maximum Gasteiger partial charge on any atom is 0.410 e. The van der Waals surface area contributed by atoms with Crippen LogP contribution in [0.2, 0.25) is 0 Å². The van der Waals surface area contributed by atoms with Gasteiger partial charge in [0.05, 0.1) is 0 Å². The SMILES string of the molecule is O=C(O)c1cc2n(n1)C(C(F)(F)F)CCN2. The highest BCUT2D eigenvalue weighted by Gasteiger charge is 2.44. The molecule has 1 aromatic heterocycles. The van der Waals surface area contributed by atoms with Crippen LogP contribution in [0, 0.1) is 0 Å². The number of aromatic carboxylic acids is 1. The molecule has 0 aliphatic carbocycles. The Morgan fingerprint density at radius 3 is 2.88 bits per heavy atom. The van der Waals surface area contributed by atoms with E-state index in [1.807, 2.05) is 0 Å². The van der Waals surface area contributed by atoms with E-state index in [0.717, 1.165) is 6.07 Å². The largest absolute Gasteiger partial charge is 0.476 e. The quantitative estimate of drug-likeness (QED) is 0.774. The Morgan fingerprint density at radius 1 is 1.62 bits per heavy atom. The molecule has 0 saturated heterocycles. The van der Waals surface area contributed by atoms with E-state index in [2.05, 4.69) is 10.4 Å². The first-order valence-corrected chi connectivity index (χ1v) is 4.53. The molecule has 0 saturated carbocycles. The lowest BCUT2D eigenvalue weighted by molar-refractivity contribution is -0.171. The number of carboxylic acid groups (broad SMARTS) is 1. The number of aromatic nitrogens is 2. The van der Waals surface area contributed by atoms with E-state index >= 15 is 0 Å². The molecule has 1 aromatic rings. The Kier molecular flexibility index (Phi) is 2.28. The van der Waals surface area contributed by atoms with Gasteiger partial charge in [0, 0.05) is 12.6 Å². The highest BCUT2D eigenvalue weighted by molar-refractivity contribution is 5.86. The molecule has 88 valence electrons. The third-order valence-electron chi connectivity index (χ3n) is 2.35. The zero-order valence-corrected chi connectivity index (χ0v) is 7.95. The summed E-state index contributed by atoms with van der Waals surface area (Å²) in [5, 5.41) is 14.7. The lowest BCUT2D eigenvalue weighted by Crippen LogP contribution is -2.33. The lowest BCUT2D eigenvalue weighted by Gasteiger charge is -2.27. The van der Waals surface area contributed by atoms with E-state index in [1.165, 1.54) is 0 Å². The molecule has 0 amide bonds. The van der Waals surface area contributed by atoms with Crippen molar-refractivity contribution in [2.75, 3.05) is 11.9 Å². The van der Waals surface area contributed by atoms with Crippen molar-refractivity contribution in [3.63, 3.8) is 0 Å². The highest BCUT2D eigenvalue weighted by Crippen LogP contribution is 2.37. The summed E-state index contributed by atoms with van der Waals surface area (Å²) in [5.41, 5.74) is -0.390. The molecule has 2 heterocycles. The molecule has 1 aliphatic rings. The van der Waals surface area contributed by atoms with Gasteiger partial charge in [0.2, 0.25) is 0 Å². The molecule has 2 rings (SSSR count). The summed E-state index contributed by atoms with van der Waals surface area (Å²) in [7, 11) is 0. The molecule has 8 heteroatoms. The van der Waals surface area contributed by atoms with Crippen molar-refractivity contribution in [2.45, 2.75) is 18.6 Å². The number of carboxylic acids is 1. The first-order valence-electron chi connectivity index (χ1n) is 4.53. The third kappa shape index (κ3) is 1.70. The molecule has 1 unspecified atom stereocenters. The van der Waals surface area contributed by atoms with Gasteiger partial charge >= 0.3 is 12.1 Å². The van der Waals surface area contributed by atoms with Crippen LogP contribution in [0.1, 0.15) is 23.0 Å². The van der Waals surface area contributed by atoms with Gasteiger partial charge in [0.25, 0.3) is 0 Å². The molecule has 0 fully saturated rings. The van der Waals surface area contributed by atoms with Gasteiger partial charge in [0.1, 0.15) is 5.82 Å². The topological polar surface area (TPSA) is 67.1 Å². The van der Waals surface area contributed by atoms with Crippen molar-refractivity contribution >= 4 is 11.8 Å². The van der Waals surface area contributed by atoms with Crippen LogP contribution >= 0.6 is 0 Å². The van der Waals surface area contributed by atoms with Crippen molar-refractivity contribution < 1.29 is 23.1 Å². The predicted octanol–water partition coefficient (Wildman–Crippen LogP) is 1.50. The van der Waals surface area contributed by atoms with Gasteiger partial charge in [-0.3, -0.25) is 0 Å². The van der Waals surface area contributed by atoms with E-state index in [4.69, 9.17) is 5.11 Å². The van der Waals surface area contributed by atoms with Crippen LogP contribution in [0.25, 0.3) is 0 Å². The normalized spacial score (nSPS) is 20.1. The maximum absolute atomic E-state index is 12.6. The minimum absolute atomic E-state index is 0.0889. The Bertz CT molecular complexity index is 427. The van der Waals surface area contributed by atoms with Crippen molar-refractivity contribution in [3.05, 3.63) is 11.8 Å². The number of anilines is 1. The van der Waals surface area contributed by atoms with Gasteiger partial charge in [-0.25, -0.2) is 9.48 Å². The molecule has 0 spiro atoms. The number of halogens is 3. The predicted molar refractivity (Wildman–Crippen MR) is 47.4 cm³/mol. The lowest BCUT2D eigenvalue weighted by atomic mass is 10.1. The van der Waals surface area contributed by atoms with Gasteiger partial charge in [0.15, 0.2) is 11.7 Å². The second-order valence-corrected chi connectivity index (χ2v) is 3.44. The summed E-state index contributed by atoms with van der Waals surface area (Å²) >= 11 is 0. The number of hydrogen-bond acceptors (Lipinski definition) is 3. The first-order chi connectivity index (χ1) is 7.39. The number of rotatable bonds is 1. The molecule has 5 nitrogen and oxygen atoms in total. The molecule has 16 heavy (non-hydrogen) atoms. The number of nitrogens with one attached hydrogen (secondary N) is 1. The van der Waals surface area contributed by atoms with E-state index < -0.39 is 23.9 Å². The number of alkyl halides is 3. The van der Waals surface area contributed by atoms with Crippen LogP contribution in [0.5, 0.6) is 0 Å². The fourth-order valence-corrected chi connectivity index (χ4v) is 1.63. The third-order valence-corrected chi connectivity index (χ3v) is 2.35. The van der Waals surface area contributed by atoms with Gasteiger partial charge in [-0.15, -0.1) is 0 Å². The van der Waals surface area contributed by atoms with E-state index in [9.17, 15) is 18.0 Å². The first kappa shape index (κ1) is 10.8. The van der Waals surface area contributed by atoms with Crippen LogP contribution < -0.4 is 5.32 Å². The fourth-order valence-electron chi connectivity index (χ4n) is 1.63. The van der Waals surface area contributed by atoms with Crippen LogP contribution in [-0.2, 0) is 0 Å². The minimum Gasteiger partial charge on any atom is -0.476 e. The summed E-state index contributed by atoms with van der Waals surface area (Å²) in [4.78, 5) is 10.6. The van der Waals surface area contributed by atoms with E-state index in [0.29, 0.717) is 4.68 Å². The molecular formula is C8H8F3N3O2. The average Bonchev–Trinajstić information content (AvgIpc) is 2.58. The van der Waals surface area contributed by atoms with E-state index in [1.54, 1.807) is 0 Å². The highest BCUT2D eigenvalue weighted by atomic mass is 19.4. The van der Waals surface area contributed by atoms with E-state index in [-0.39, 0.29) is 18.8 Å². The second-order valence-electron chi connectivity index (χ2n) is 3.44. The molecule has 0 radical (unpaired) electrons. The zero-order valence-electron chi connectivity index (χ0n) is 7.95. The monoisotopic (exact) mass is 235 g/mol. The smallest absolute Gasteiger partial charge is 0.410 e. The fraction of sp³-hybridized carbons (Fsp3) is 0.500. The summed E-state index contributed by atoms with van der Waals surface area (Å²) in [6.45, 7) is 0.148. The molecule has 2 N–H and O–H groups in total. The van der Waals surface area contributed by atoms with Crippen LogP contribution in [0.15, 0.2) is 6.07 Å². The van der Waals surface area contributed by atoms with Gasteiger partial charge < -0.3 is 10.4 Å². The maximum atomic E-state index is 12.6. The van der Waals surface area contributed by atoms with Crippen LogP contribution in [-0.4, -0.2) is 33.6 Å². The Morgan fingerprint density at radius 2 is 2.31 bits per heavy atom. The summed E-state index contributed by atoms with van der Waals surface area (Å²) in [6.07, 6.45) is -4.57. The Labute approximate surface area is 87.9 Å². The molecule has 1 atom stereocenters. The number of hydrogen-bond donors (Lipinski definition) is 2. The minimum atomic E-state index is -4.42. The summed E-state index contributed by atoms with van der Waals surface area (Å²) in [5.74, 6) is -1.25. The van der Waals surface area contributed by atoms with Crippen molar-refractivity contribution in [1.82, 2.24) is 9.78 Å². The summed E-state index contributed by atoms with van der Waals surface area (Å²) in [6, 6.07) is -0.655. The average molecular weight is 235 g/mol. The second kappa shape index (κ2) is 3.39.